The molecule has 0 aliphatic heterocycles. The fourth-order valence-electron chi connectivity index (χ4n) is 3.01. The number of carbonyl (C=O) groups excluding carboxylic acids is 3. The van der Waals surface area contributed by atoms with Gasteiger partial charge in [0, 0.05) is 24.4 Å². The molecule has 0 aliphatic rings. The zero-order chi connectivity index (χ0) is 23.3. The van der Waals surface area contributed by atoms with E-state index in [1.54, 1.807) is 42.7 Å². The Morgan fingerprint density at radius 1 is 0.909 bits per heavy atom. The number of hydrogen-bond donors (Lipinski definition) is 3. The predicted octanol–water partition coefficient (Wildman–Crippen LogP) is 1.88. The van der Waals surface area contributed by atoms with Gasteiger partial charge in [-0.05, 0) is 29.3 Å². The van der Waals surface area contributed by atoms with E-state index in [4.69, 9.17) is 0 Å². The molecule has 0 fully saturated rings. The summed E-state index contributed by atoms with van der Waals surface area (Å²) in [4.78, 5) is 45.5. The monoisotopic (exact) mass is 443 g/mol. The minimum atomic E-state index is -0.835. The third-order valence-corrected chi connectivity index (χ3v) is 4.67. The topological polar surface area (TPSA) is 113 Å². The van der Waals surface area contributed by atoms with Gasteiger partial charge >= 0.3 is 0 Å². The van der Waals surface area contributed by atoms with Crippen LogP contribution in [0.4, 0.5) is 0 Å². The summed E-state index contributed by atoms with van der Waals surface area (Å²) in [6, 6.07) is 20.8. The lowest BCUT2D eigenvalue weighted by molar-refractivity contribution is -0.127. The number of carbonyl (C=O) groups is 3. The molecular formula is C25H25N5O3. The molecule has 0 saturated carbocycles. The maximum Gasteiger partial charge on any atom is 0.251 e. The van der Waals surface area contributed by atoms with Crippen LogP contribution in [0.3, 0.4) is 0 Å². The molecule has 0 aliphatic carbocycles. The Morgan fingerprint density at radius 3 is 2.30 bits per heavy atom. The highest BCUT2D eigenvalue weighted by Crippen LogP contribution is 2.04. The molecule has 33 heavy (non-hydrogen) atoms. The van der Waals surface area contributed by atoms with Crippen molar-refractivity contribution in [2.24, 2.45) is 4.99 Å². The average molecular weight is 444 g/mol. The molecule has 3 N–H and O–H groups in total. The molecule has 1 atom stereocenters. The van der Waals surface area contributed by atoms with Crippen molar-refractivity contribution in [3.8, 4) is 0 Å². The molecule has 0 saturated heterocycles. The van der Waals surface area contributed by atoms with E-state index in [-0.39, 0.29) is 12.5 Å². The maximum absolute atomic E-state index is 12.7. The zero-order valence-corrected chi connectivity index (χ0v) is 18.0. The van der Waals surface area contributed by atoms with Crippen LogP contribution in [0.2, 0.25) is 0 Å². The van der Waals surface area contributed by atoms with Gasteiger partial charge in [0.2, 0.25) is 11.8 Å². The van der Waals surface area contributed by atoms with Gasteiger partial charge in [0.15, 0.2) is 0 Å². The maximum atomic E-state index is 12.7. The Bertz CT molecular complexity index is 1070. The molecule has 1 heterocycles. The average Bonchev–Trinajstić information content (AvgIpc) is 2.86. The number of pyridine rings is 1. The molecule has 3 amide bonds. The lowest BCUT2D eigenvalue weighted by atomic mass is 10.1. The first-order chi connectivity index (χ1) is 16.1. The Kier molecular flexibility index (Phi) is 8.84. The van der Waals surface area contributed by atoms with E-state index in [9.17, 15) is 14.4 Å². The van der Waals surface area contributed by atoms with Crippen LogP contribution in [-0.2, 0) is 22.6 Å². The van der Waals surface area contributed by atoms with E-state index in [0.29, 0.717) is 18.5 Å². The predicted molar refractivity (Wildman–Crippen MR) is 125 cm³/mol. The zero-order valence-electron chi connectivity index (χ0n) is 18.0. The fraction of sp³-hybridized carbons (Fsp3) is 0.160. The molecule has 0 bridgehead atoms. The highest BCUT2D eigenvalue weighted by Gasteiger charge is 2.21. The van der Waals surface area contributed by atoms with Crippen LogP contribution >= 0.6 is 0 Å². The summed E-state index contributed by atoms with van der Waals surface area (Å²) in [5.74, 6) is -1.24. The van der Waals surface area contributed by atoms with Crippen molar-refractivity contribution in [3.05, 3.63) is 102 Å². The van der Waals surface area contributed by atoms with Gasteiger partial charge in [0.05, 0.1) is 19.4 Å². The third-order valence-electron chi connectivity index (χ3n) is 4.67. The number of aliphatic imine (C=N–C) groups is 1. The van der Waals surface area contributed by atoms with Gasteiger partial charge in [-0.2, -0.15) is 0 Å². The summed E-state index contributed by atoms with van der Waals surface area (Å²) < 4.78 is 0. The molecular weight excluding hydrogens is 418 g/mol. The fourth-order valence-corrected chi connectivity index (χ4v) is 3.01. The van der Waals surface area contributed by atoms with Crippen molar-refractivity contribution in [2.45, 2.75) is 19.0 Å². The minimum absolute atomic E-state index is 0.249. The van der Waals surface area contributed by atoms with Gasteiger partial charge in [-0.1, -0.05) is 54.6 Å². The Labute approximate surface area is 192 Å². The van der Waals surface area contributed by atoms with Gasteiger partial charge < -0.3 is 16.0 Å². The van der Waals surface area contributed by atoms with Gasteiger partial charge in [-0.3, -0.25) is 24.4 Å². The highest BCUT2D eigenvalue weighted by atomic mass is 16.2. The molecule has 1 aromatic heterocycles. The minimum Gasteiger partial charge on any atom is -0.343 e. The molecule has 8 heteroatoms. The molecule has 0 unspecified atom stereocenters. The van der Waals surface area contributed by atoms with Crippen LogP contribution in [0.5, 0.6) is 0 Å². The van der Waals surface area contributed by atoms with E-state index in [1.165, 1.54) is 6.34 Å². The van der Waals surface area contributed by atoms with Crippen molar-refractivity contribution >= 4 is 24.1 Å². The quantitative estimate of drug-likeness (QED) is 0.328. The van der Waals surface area contributed by atoms with Crippen molar-refractivity contribution in [1.82, 2.24) is 20.9 Å². The standard InChI is InChI=1S/C25H25N5O3/c31-23(17-28-24(32)21-11-5-2-6-12-21)30-22(14-19-8-3-1-4-9-19)25(33)29-18-27-16-20-10-7-13-26-15-20/h1-13,15,18,22H,14,16-17H2,(H,28,32)(H,30,31)(H,27,29,33)/t22-/m0/s1. The summed E-state index contributed by atoms with van der Waals surface area (Å²) in [5.41, 5.74) is 2.25. The normalized spacial score (nSPS) is 11.5. The van der Waals surface area contributed by atoms with Gasteiger partial charge in [0.1, 0.15) is 6.04 Å². The number of rotatable bonds is 10. The molecule has 168 valence electrons. The molecule has 2 aromatic carbocycles. The molecule has 0 radical (unpaired) electrons. The second-order valence-corrected chi connectivity index (χ2v) is 7.20. The number of benzene rings is 2. The van der Waals surface area contributed by atoms with Crippen molar-refractivity contribution in [3.63, 3.8) is 0 Å². The lowest BCUT2D eigenvalue weighted by Gasteiger charge is -2.18. The van der Waals surface area contributed by atoms with Gasteiger partial charge in [-0.25, -0.2) is 0 Å². The van der Waals surface area contributed by atoms with Crippen LogP contribution in [0, 0.1) is 0 Å². The third kappa shape index (κ3) is 8.02. The summed E-state index contributed by atoms with van der Waals surface area (Å²) in [6.07, 6.45) is 4.98. The number of aromatic nitrogens is 1. The Hall–Kier alpha value is -4.33. The van der Waals surface area contributed by atoms with Gasteiger partial charge in [-0.15, -0.1) is 0 Å². The van der Waals surface area contributed by atoms with Gasteiger partial charge in [0.25, 0.3) is 5.91 Å². The largest absolute Gasteiger partial charge is 0.343 e. The summed E-state index contributed by atoms with van der Waals surface area (Å²) in [7, 11) is 0. The van der Waals surface area contributed by atoms with Crippen LogP contribution in [0.1, 0.15) is 21.5 Å². The molecule has 0 spiro atoms. The second-order valence-electron chi connectivity index (χ2n) is 7.20. The van der Waals surface area contributed by atoms with Crippen LogP contribution in [-0.4, -0.2) is 41.6 Å². The highest BCUT2D eigenvalue weighted by molar-refractivity contribution is 5.98. The van der Waals surface area contributed by atoms with E-state index in [2.05, 4.69) is 25.9 Å². The molecule has 8 nitrogen and oxygen atoms in total. The van der Waals surface area contributed by atoms with E-state index in [0.717, 1.165) is 11.1 Å². The first-order valence-corrected chi connectivity index (χ1v) is 10.5. The van der Waals surface area contributed by atoms with Crippen LogP contribution in [0.15, 0.2) is 90.2 Å². The molecule has 3 rings (SSSR count). The number of nitrogens with one attached hydrogen (secondary N) is 3. The lowest BCUT2D eigenvalue weighted by Crippen LogP contribution is -2.50. The van der Waals surface area contributed by atoms with Crippen LogP contribution in [0.25, 0.3) is 0 Å². The van der Waals surface area contributed by atoms with E-state index < -0.39 is 17.9 Å². The van der Waals surface area contributed by atoms with Crippen molar-refractivity contribution < 1.29 is 14.4 Å². The smallest absolute Gasteiger partial charge is 0.251 e. The summed E-state index contributed by atoms with van der Waals surface area (Å²) >= 11 is 0. The summed E-state index contributed by atoms with van der Waals surface area (Å²) in [5, 5.41) is 7.87. The van der Waals surface area contributed by atoms with Crippen molar-refractivity contribution in [1.29, 1.82) is 0 Å². The molecule has 3 aromatic rings. The van der Waals surface area contributed by atoms with Crippen molar-refractivity contribution in [2.75, 3.05) is 6.54 Å². The number of nitrogens with zero attached hydrogens (tertiary/aromatic N) is 2. The number of amides is 3. The summed E-state index contributed by atoms with van der Waals surface area (Å²) in [6.45, 7) is 0.122. The Balaban J connectivity index is 1.56. The second kappa shape index (κ2) is 12.5. The SMILES string of the molecule is O=C(CNC(=O)c1ccccc1)N[C@@H](Cc1ccccc1)C(=O)NC=NCc1cccnc1. The first kappa shape index (κ1) is 23.3. The van der Waals surface area contributed by atoms with E-state index >= 15 is 0 Å². The Morgan fingerprint density at radius 2 is 1.61 bits per heavy atom. The first-order valence-electron chi connectivity index (χ1n) is 10.5. The van der Waals surface area contributed by atoms with E-state index in [1.807, 2.05) is 42.5 Å². The number of hydrogen-bond acceptors (Lipinski definition) is 5. The van der Waals surface area contributed by atoms with Crippen LogP contribution < -0.4 is 16.0 Å².